The molecule has 0 unspecified atom stereocenters. The largest absolute Gasteiger partial charge is 0.481 e. The molecule has 0 aliphatic carbocycles. The summed E-state index contributed by atoms with van der Waals surface area (Å²) < 4.78 is 5.24. The summed E-state index contributed by atoms with van der Waals surface area (Å²) in [7, 11) is 0. The highest BCUT2D eigenvalue weighted by Crippen LogP contribution is 2.30. The monoisotopic (exact) mass is 319 g/mol. The van der Waals surface area contributed by atoms with E-state index in [0.29, 0.717) is 31.6 Å². The number of aliphatic carboxylic acids is 1. The number of amides is 1. The third kappa shape index (κ3) is 4.10. The number of carbonyl (C=O) groups excluding carboxylic acids is 1. The minimum atomic E-state index is -0.917. The van der Waals surface area contributed by atoms with Crippen LogP contribution < -0.4 is 5.32 Å². The van der Waals surface area contributed by atoms with E-state index in [1.165, 1.54) is 0 Å². The first-order chi connectivity index (χ1) is 10.7. The lowest BCUT2D eigenvalue weighted by atomic mass is 9.80. The number of hydrogen-bond donors (Lipinski definition) is 2. The fourth-order valence-corrected chi connectivity index (χ4v) is 2.70. The molecule has 5 heteroatoms. The van der Waals surface area contributed by atoms with Gasteiger partial charge in [0.25, 0.3) is 5.91 Å². The molecule has 1 fully saturated rings. The first-order valence-corrected chi connectivity index (χ1v) is 7.94. The van der Waals surface area contributed by atoms with Crippen molar-refractivity contribution < 1.29 is 19.4 Å². The van der Waals surface area contributed by atoms with Crippen LogP contribution in [0.15, 0.2) is 24.3 Å². The Kier molecular flexibility index (Phi) is 5.09. The Bertz CT molecular complexity index is 566. The molecule has 5 nitrogen and oxygen atoms in total. The number of rotatable bonds is 4. The molecule has 2 rings (SSSR count). The Labute approximate surface area is 137 Å². The summed E-state index contributed by atoms with van der Waals surface area (Å²) in [6.07, 6.45) is 0.844. The van der Waals surface area contributed by atoms with E-state index in [-0.39, 0.29) is 17.9 Å². The zero-order valence-corrected chi connectivity index (χ0v) is 14.0. The zero-order chi connectivity index (χ0) is 17.1. The van der Waals surface area contributed by atoms with Crippen LogP contribution >= 0.6 is 0 Å². The zero-order valence-electron chi connectivity index (χ0n) is 14.0. The number of carboxylic acid groups (broad SMARTS) is 1. The van der Waals surface area contributed by atoms with Crippen LogP contribution in [0.25, 0.3) is 0 Å². The van der Waals surface area contributed by atoms with Gasteiger partial charge in [-0.1, -0.05) is 32.9 Å². The van der Waals surface area contributed by atoms with Crippen LogP contribution in [0.5, 0.6) is 0 Å². The maximum absolute atomic E-state index is 12.3. The quantitative estimate of drug-likeness (QED) is 0.894. The second-order valence-electron chi connectivity index (χ2n) is 7.21. The van der Waals surface area contributed by atoms with Crippen molar-refractivity contribution in [3.63, 3.8) is 0 Å². The van der Waals surface area contributed by atoms with Gasteiger partial charge in [-0.2, -0.15) is 0 Å². The maximum Gasteiger partial charge on any atom is 0.311 e. The Morgan fingerprint density at radius 1 is 1.17 bits per heavy atom. The molecule has 0 spiro atoms. The van der Waals surface area contributed by atoms with E-state index < -0.39 is 11.4 Å². The molecule has 0 aromatic heterocycles. The fraction of sp³-hybridized carbons (Fsp3) is 0.556. The molecule has 1 aliphatic rings. The molecule has 1 amide bonds. The Morgan fingerprint density at radius 2 is 1.74 bits per heavy atom. The summed E-state index contributed by atoms with van der Waals surface area (Å²) in [5.74, 6) is -1.11. The third-order valence-corrected chi connectivity index (χ3v) is 4.50. The van der Waals surface area contributed by atoms with Crippen LogP contribution in [-0.2, 0) is 14.9 Å². The van der Waals surface area contributed by atoms with Gasteiger partial charge in [0.1, 0.15) is 0 Å². The van der Waals surface area contributed by atoms with E-state index in [1.54, 1.807) is 12.1 Å². The molecule has 0 bridgehead atoms. The van der Waals surface area contributed by atoms with Crippen LogP contribution in [0.3, 0.4) is 0 Å². The van der Waals surface area contributed by atoms with Crippen molar-refractivity contribution >= 4 is 11.9 Å². The summed E-state index contributed by atoms with van der Waals surface area (Å²) in [5, 5.41) is 12.3. The minimum absolute atomic E-state index is 0.0322. The lowest BCUT2D eigenvalue weighted by Crippen LogP contribution is -2.46. The molecule has 1 saturated heterocycles. The highest BCUT2D eigenvalue weighted by Gasteiger charge is 2.40. The first kappa shape index (κ1) is 17.5. The van der Waals surface area contributed by atoms with Gasteiger partial charge in [-0.05, 0) is 36.0 Å². The number of hydrogen-bond acceptors (Lipinski definition) is 3. The molecule has 2 N–H and O–H groups in total. The van der Waals surface area contributed by atoms with Gasteiger partial charge in [0, 0.05) is 25.3 Å². The van der Waals surface area contributed by atoms with Crippen LogP contribution in [0.2, 0.25) is 0 Å². The fourth-order valence-electron chi connectivity index (χ4n) is 2.70. The van der Waals surface area contributed by atoms with Gasteiger partial charge < -0.3 is 15.2 Å². The molecule has 126 valence electrons. The van der Waals surface area contributed by atoms with E-state index in [4.69, 9.17) is 4.74 Å². The second-order valence-corrected chi connectivity index (χ2v) is 7.21. The van der Waals surface area contributed by atoms with Crippen LogP contribution in [-0.4, -0.2) is 36.7 Å². The number of nitrogens with one attached hydrogen (secondary N) is 1. The normalized spacial score (nSPS) is 17.5. The predicted octanol–water partition coefficient (Wildman–Crippen LogP) is 2.60. The molecular formula is C18H25NO4. The molecule has 23 heavy (non-hydrogen) atoms. The summed E-state index contributed by atoms with van der Waals surface area (Å²) in [6, 6.07) is 7.45. The summed E-state index contributed by atoms with van der Waals surface area (Å²) in [5.41, 5.74) is 0.815. The van der Waals surface area contributed by atoms with Crippen LogP contribution in [0.1, 0.15) is 49.5 Å². The van der Waals surface area contributed by atoms with E-state index in [1.807, 2.05) is 12.1 Å². The average molecular weight is 319 g/mol. The van der Waals surface area contributed by atoms with E-state index in [9.17, 15) is 14.7 Å². The molecule has 1 heterocycles. The molecule has 0 saturated carbocycles. The van der Waals surface area contributed by atoms with Gasteiger partial charge in [-0.3, -0.25) is 9.59 Å². The number of carboxylic acids is 1. The van der Waals surface area contributed by atoms with Crippen LogP contribution in [0, 0.1) is 5.41 Å². The van der Waals surface area contributed by atoms with Crippen molar-refractivity contribution in [3.8, 4) is 0 Å². The summed E-state index contributed by atoms with van der Waals surface area (Å²) in [4.78, 5) is 23.9. The van der Waals surface area contributed by atoms with Crippen molar-refractivity contribution in [1.29, 1.82) is 0 Å². The lowest BCUT2D eigenvalue weighted by molar-refractivity contribution is -0.154. The molecular weight excluding hydrogens is 294 g/mol. The highest BCUT2D eigenvalue weighted by atomic mass is 16.5. The molecule has 1 aromatic carbocycles. The van der Waals surface area contributed by atoms with Crippen molar-refractivity contribution in [2.75, 3.05) is 19.8 Å². The second kappa shape index (κ2) is 6.71. The van der Waals surface area contributed by atoms with E-state index in [2.05, 4.69) is 26.1 Å². The van der Waals surface area contributed by atoms with Crippen molar-refractivity contribution in [3.05, 3.63) is 35.4 Å². The van der Waals surface area contributed by atoms with Crippen molar-refractivity contribution in [1.82, 2.24) is 5.32 Å². The smallest absolute Gasteiger partial charge is 0.311 e. The van der Waals surface area contributed by atoms with Gasteiger partial charge in [-0.25, -0.2) is 0 Å². The van der Waals surface area contributed by atoms with Crippen LogP contribution in [0.4, 0.5) is 0 Å². The molecule has 0 radical (unpaired) electrons. The number of ether oxygens (including phenoxy) is 1. The Hall–Kier alpha value is -1.88. The topological polar surface area (TPSA) is 75.6 Å². The van der Waals surface area contributed by atoms with Gasteiger partial charge in [0.2, 0.25) is 0 Å². The summed E-state index contributed by atoms with van der Waals surface area (Å²) >= 11 is 0. The van der Waals surface area contributed by atoms with Crippen molar-refractivity contribution in [2.24, 2.45) is 5.41 Å². The number of carbonyl (C=O) groups is 2. The predicted molar refractivity (Wildman–Crippen MR) is 87.6 cm³/mol. The molecule has 1 aromatic rings. The Balaban J connectivity index is 2.02. The van der Waals surface area contributed by atoms with E-state index in [0.717, 1.165) is 5.56 Å². The van der Waals surface area contributed by atoms with Crippen molar-refractivity contribution in [2.45, 2.75) is 39.0 Å². The molecule has 1 aliphatic heterocycles. The van der Waals surface area contributed by atoms with Gasteiger partial charge in [0.05, 0.1) is 5.41 Å². The van der Waals surface area contributed by atoms with Gasteiger partial charge >= 0.3 is 5.97 Å². The standard InChI is InChI=1S/C18H25NO4/c1-17(2,3)14-6-4-13(5-7-14)15(20)19-12-18(16(21)22)8-10-23-11-9-18/h4-7H,8-12H2,1-3H3,(H,19,20)(H,21,22). The minimum Gasteiger partial charge on any atom is -0.481 e. The van der Waals surface area contributed by atoms with Gasteiger partial charge in [-0.15, -0.1) is 0 Å². The van der Waals surface area contributed by atoms with Gasteiger partial charge in [0.15, 0.2) is 0 Å². The SMILES string of the molecule is CC(C)(C)c1ccc(C(=O)NCC2(C(=O)O)CCOCC2)cc1. The van der Waals surface area contributed by atoms with E-state index >= 15 is 0 Å². The Morgan fingerprint density at radius 3 is 2.22 bits per heavy atom. The third-order valence-electron chi connectivity index (χ3n) is 4.50. The molecule has 0 atom stereocenters. The summed E-state index contributed by atoms with van der Waals surface area (Å²) in [6.45, 7) is 7.31. The number of benzene rings is 1. The first-order valence-electron chi connectivity index (χ1n) is 7.94. The lowest BCUT2D eigenvalue weighted by Gasteiger charge is -2.33. The average Bonchev–Trinajstić information content (AvgIpc) is 2.52. The maximum atomic E-state index is 12.3. The highest BCUT2D eigenvalue weighted by molar-refractivity contribution is 5.94.